The molecule has 8 heteroatoms. The lowest BCUT2D eigenvalue weighted by molar-refractivity contribution is 0.197. The Hall–Kier alpha value is -3.52. The van der Waals surface area contributed by atoms with Crippen molar-refractivity contribution in [1.82, 2.24) is 30.1 Å². The van der Waals surface area contributed by atoms with Crippen LogP contribution < -0.4 is 10.3 Å². The number of benzene rings is 2. The van der Waals surface area contributed by atoms with E-state index in [1.54, 1.807) is 7.11 Å². The number of ether oxygens (including phenoxy) is 1. The Morgan fingerprint density at radius 3 is 2.56 bits per heavy atom. The van der Waals surface area contributed by atoms with Gasteiger partial charge in [-0.15, -0.1) is 5.10 Å². The lowest BCUT2D eigenvalue weighted by atomic mass is 9.99. The molecule has 1 N–H and O–H groups in total. The van der Waals surface area contributed by atoms with Crippen LogP contribution in [0.5, 0.6) is 5.75 Å². The first-order valence-corrected chi connectivity index (χ1v) is 11.7. The number of fused-ring (bicyclic) bond motifs is 1. The number of pyridine rings is 1. The van der Waals surface area contributed by atoms with E-state index in [0.717, 1.165) is 22.9 Å². The highest BCUT2D eigenvalue weighted by molar-refractivity contribution is 5.80. The number of hydrogen-bond acceptors (Lipinski definition) is 6. The van der Waals surface area contributed by atoms with Gasteiger partial charge in [-0.25, -0.2) is 4.68 Å². The van der Waals surface area contributed by atoms with E-state index >= 15 is 0 Å². The zero-order valence-electron chi connectivity index (χ0n) is 20.4. The highest BCUT2D eigenvalue weighted by Crippen LogP contribution is 2.31. The summed E-state index contributed by atoms with van der Waals surface area (Å²) in [6.07, 6.45) is 0.844. The Morgan fingerprint density at radius 1 is 1.12 bits per heavy atom. The summed E-state index contributed by atoms with van der Waals surface area (Å²) in [4.78, 5) is 18.8. The van der Waals surface area contributed by atoms with E-state index < -0.39 is 6.04 Å². The van der Waals surface area contributed by atoms with Crippen molar-refractivity contribution in [3.05, 3.63) is 81.9 Å². The van der Waals surface area contributed by atoms with Crippen molar-refractivity contribution >= 4 is 10.9 Å². The van der Waals surface area contributed by atoms with Crippen molar-refractivity contribution in [3.63, 3.8) is 0 Å². The number of hydrogen-bond donors (Lipinski definition) is 1. The molecule has 4 rings (SSSR count). The minimum absolute atomic E-state index is 0.166. The van der Waals surface area contributed by atoms with Gasteiger partial charge >= 0.3 is 0 Å². The normalized spacial score (nSPS) is 12.9. The van der Waals surface area contributed by atoms with Gasteiger partial charge in [-0.3, -0.25) is 9.69 Å². The molecule has 0 radical (unpaired) electrons. The minimum atomic E-state index is -0.429. The van der Waals surface area contributed by atoms with Crippen LogP contribution in [-0.2, 0) is 12.1 Å². The largest absolute Gasteiger partial charge is 0.497 e. The predicted molar refractivity (Wildman–Crippen MR) is 133 cm³/mol. The van der Waals surface area contributed by atoms with Gasteiger partial charge in [0.15, 0.2) is 5.82 Å². The van der Waals surface area contributed by atoms with Crippen LogP contribution in [0.2, 0.25) is 0 Å². The second-order valence-corrected chi connectivity index (χ2v) is 9.07. The summed E-state index contributed by atoms with van der Waals surface area (Å²) in [5, 5.41) is 13.7. The molecule has 0 aliphatic heterocycles. The average molecular weight is 461 g/mol. The second-order valence-electron chi connectivity index (χ2n) is 9.07. The van der Waals surface area contributed by atoms with Crippen LogP contribution in [0.4, 0.5) is 0 Å². The van der Waals surface area contributed by atoms with Crippen LogP contribution >= 0.6 is 0 Å². The summed E-state index contributed by atoms with van der Waals surface area (Å²) < 4.78 is 7.19. The number of methoxy groups -OCH3 is 1. The molecule has 8 nitrogen and oxygen atoms in total. The van der Waals surface area contributed by atoms with E-state index in [1.165, 1.54) is 0 Å². The fourth-order valence-corrected chi connectivity index (χ4v) is 4.18. The molecule has 0 bridgehead atoms. The summed E-state index contributed by atoms with van der Waals surface area (Å²) in [6.45, 7) is 9.77. The van der Waals surface area contributed by atoms with Gasteiger partial charge < -0.3 is 9.72 Å². The first-order chi connectivity index (χ1) is 16.4. The Kier molecular flexibility index (Phi) is 6.79. The van der Waals surface area contributed by atoms with Crippen LogP contribution in [-0.4, -0.2) is 43.7 Å². The summed E-state index contributed by atoms with van der Waals surface area (Å²) in [5.74, 6) is 1.35. The molecule has 178 valence electrons. The molecule has 0 fully saturated rings. The van der Waals surface area contributed by atoms with Crippen molar-refractivity contribution in [2.45, 2.75) is 52.2 Å². The third-order valence-corrected chi connectivity index (χ3v) is 6.55. The van der Waals surface area contributed by atoms with Crippen molar-refractivity contribution < 1.29 is 4.74 Å². The first-order valence-electron chi connectivity index (χ1n) is 11.7. The van der Waals surface area contributed by atoms with Crippen LogP contribution in [0.25, 0.3) is 10.9 Å². The highest BCUT2D eigenvalue weighted by atomic mass is 16.5. The fraction of sp³-hybridized carbons (Fsp3) is 0.385. The van der Waals surface area contributed by atoms with Crippen LogP contribution in [0.15, 0.2) is 59.4 Å². The highest BCUT2D eigenvalue weighted by Gasteiger charge is 2.33. The fourth-order valence-electron chi connectivity index (χ4n) is 4.18. The Balaban J connectivity index is 1.91. The maximum atomic E-state index is 13.5. The van der Waals surface area contributed by atoms with E-state index in [4.69, 9.17) is 4.74 Å². The van der Waals surface area contributed by atoms with E-state index in [9.17, 15) is 4.79 Å². The van der Waals surface area contributed by atoms with Gasteiger partial charge in [0.05, 0.1) is 18.2 Å². The molecule has 2 heterocycles. The van der Waals surface area contributed by atoms with Gasteiger partial charge in [-0.1, -0.05) is 44.2 Å². The molecular formula is C26H32N6O2. The minimum Gasteiger partial charge on any atom is -0.497 e. The Morgan fingerprint density at radius 2 is 1.88 bits per heavy atom. The molecule has 0 aliphatic rings. The van der Waals surface area contributed by atoms with E-state index in [1.807, 2.05) is 47.1 Å². The van der Waals surface area contributed by atoms with Crippen LogP contribution in [0, 0.1) is 0 Å². The monoisotopic (exact) mass is 460 g/mol. The predicted octanol–water partition coefficient (Wildman–Crippen LogP) is 4.28. The molecule has 0 aliphatic carbocycles. The van der Waals surface area contributed by atoms with Gasteiger partial charge in [0.1, 0.15) is 11.8 Å². The van der Waals surface area contributed by atoms with Gasteiger partial charge in [-0.2, -0.15) is 0 Å². The molecule has 2 aromatic carbocycles. The quantitative estimate of drug-likeness (QED) is 0.401. The molecule has 0 saturated carbocycles. The van der Waals surface area contributed by atoms with Crippen molar-refractivity contribution in [1.29, 1.82) is 0 Å². The van der Waals surface area contributed by atoms with Crippen molar-refractivity contribution in [2.24, 2.45) is 0 Å². The maximum Gasteiger partial charge on any atom is 0.253 e. The molecular weight excluding hydrogens is 428 g/mol. The summed E-state index contributed by atoms with van der Waals surface area (Å²) in [7, 11) is 1.61. The molecule has 1 atom stereocenters. The van der Waals surface area contributed by atoms with Crippen LogP contribution in [0.3, 0.4) is 0 Å². The number of aromatic nitrogens is 5. The van der Waals surface area contributed by atoms with E-state index in [2.05, 4.69) is 65.2 Å². The molecule has 0 amide bonds. The van der Waals surface area contributed by atoms with Gasteiger partial charge in [0, 0.05) is 18.2 Å². The Bertz CT molecular complexity index is 1310. The van der Waals surface area contributed by atoms with Gasteiger partial charge in [0.25, 0.3) is 5.56 Å². The number of rotatable bonds is 9. The molecule has 34 heavy (non-hydrogen) atoms. The number of tetrazole rings is 1. The van der Waals surface area contributed by atoms with Crippen LogP contribution in [0.1, 0.15) is 57.1 Å². The van der Waals surface area contributed by atoms with Crippen molar-refractivity contribution in [3.8, 4) is 5.75 Å². The zero-order valence-corrected chi connectivity index (χ0v) is 20.4. The third kappa shape index (κ3) is 4.59. The number of nitrogens with one attached hydrogen (secondary N) is 1. The number of nitrogens with zero attached hydrogens (tertiary/aromatic N) is 5. The van der Waals surface area contributed by atoms with Gasteiger partial charge in [-0.05, 0) is 66.4 Å². The smallest absolute Gasteiger partial charge is 0.253 e. The molecule has 2 aromatic heterocycles. The van der Waals surface area contributed by atoms with Crippen molar-refractivity contribution in [2.75, 3.05) is 13.7 Å². The number of H-pyrrole nitrogens is 1. The molecule has 0 spiro atoms. The molecule has 4 aromatic rings. The number of aromatic amines is 1. The van der Waals surface area contributed by atoms with E-state index in [-0.39, 0.29) is 11.1 Å². The maximum absolute atomic E-state index is 13.5. The standard InChI is InChI=1S/C26H32N6O2/c1-6-26(3,4)32-24(28-29-30-32)23(31(7-2)17-18-11-9-8-10-12-18)21-15-19-13-14-20(34-5)16-22(19)27-25(21)33/h8-16,23H,6-7,17H2,1-5H3,(H,27,33). The molecule has 0 saturated heterocycles. The van der Waals surface area contributed by atoms with E-state index in [0.29, 0.717) is 30.2 Å². The summed E-state index contributed by atoms with van der Waals surface area (Å²) >= 11 is 0. The second kappa shape index (κ2) is 9.77. The first kappa shape index (κ1) is 23.6. The average Bonchev–Trinajstić information content (AvgIpc) is 3.34. The third-order valence-electron chi connectivity index (χ3n) is 6.55. The summed E-state index contributed by atoms with van der Waals surface area (Å²) in [5.41, 5.74) is 2.02. The Labute approximate surface area is 199 Å². The van der Waals surface area contributed by atoms with Gasteiger partial charge in [0.2, 0.25) is 0 Å². The molecule has 1 unspecified atom stereocenters. The SMILES string of the molecule is CCN(Cc1ccccc1)C(c1cc2ccc(OC)cc2[nH]c1=O)c1nnnn1C(C)(C)CC. The lowest BCUT2D eigenvalue weighted by Crippen LogP contribution is -2.38. The topological polar surface area (TPSA) is 88.9 Å². The zero-order chi connectivity index (χ0) is 24.3. The summed E-state index contributed by atoms with van der Waals surface area (Å²) in [6, 6.07) is 17.4. The lowest BCUT2D eigenvalue weighted by Gasteiger charge is -2.33.